The highest BCUT2D eigenvalue weighted by Crippen LogP contribution is 2.25. The summed E-state index contributed by atoms with van der Waals surface area (Å²) < 4.78 is 0. The topological polar surface area (TPSA) is 46.2 Å². The van der Waals surface area contributed by atoms with E-state index in [1.165, 1.54) is 6.92 Å². The fraction of sp³-hybridized carbons (Fsp3) is 0.176. The van der Waals surface area contributed by atoms with Crippen molar-refractivity contribution >= 4 is 27.6 Å². The molecule has 0 saturated heterocycles. The first-order chi connectivity index (χ1) is 10.1. The Morgan fingerprint density at radius 1 is 0.952 bits per heavy atom. The van der Waals surface area contributed by atoms with Crippen LogP contribution in [0.25, 0.3) is 0 Å². The number of rotatable bonds is 5. The van der Waals surface area contributed by atoms with Gasteiger partial charge in [0, 0.05) is 12.5 Å². The summed E-state index contributed by atoms with van der Waals surface area (Å²) in [7, 11) is 0. The number of amides is 1. The van der Waals surface area contributed by atoms with Crippen LogP contribution < -0.4 is 5.32 Å². The Bertz CT molecular complexity index is 613. The molecule has 0 aromatic heterocycles. The van der Waals surface area contributed by atoms with E-state index in [-0.39, 0.29) is 11.7 Å². The lowest BCUT2D eigenvalue weighted by Gasteiger charge is -2.23. The quantitative estimate of drug-likeness (QED) is 0.665. The Morgan fingerprint density at radius 3 is 2.00 bits per heavy atom. The van der Waals surface area contributed by atoms with Crippen molar-refractivity contribution in [3.8, 4) is 0 Å². The molecular weight excluding hydrogens is 330 g/mol. The number of Topliss-reactive ketones (excluding diaryl/α,β-unsaturated/α-hetero) is 1. The lowest BCUT2D eigenvalue weighted by molar-refractivity contribution is -0.119. The van der Waals surface area contributed by atoms with E-state index in [2.05, 4.69) is 21.2 Å². The standard InChI is InChI=1S/C17H16BrNO2/c1-12(20)19-16(13-8-4-2-5-9-13)15(18)17(21)14-10-6-3-7-11-14/h2-11,15-16H,1H3,(H,19,20)/t15-,16-/m1/s1. The monoisotopic (exact) mass is 345 g/mol. The first kappa shape index (κ1) is 15.4. The van der Waals surface area contributed by atoms with Crippen molar-refractivity contribution in [2.75, 3.05) is 0 Å². The van der Waals surface area contributed by atoms with Gasteiger partial charge in [0.2, 0.25) is 5.91 Å². The van der Waals surface area contributed by atoms with Gasteiger partial charge in [0.15, 0.2) is 5.78 Å². The van der Waals surface area contributed by atoms with Crippen LogP contribution in [0.4, 0.5) is 0 Å². The molecule has 0 aliphatic heterocycles. The van der Waals surface area contributed by atoms with Crippen molar-refractivity contribution < 1.29 is 9.59 Å². The summed E-state index contributed by atoms with van der Waals surface area (Å²) in [5.74, 6) is -0.229. The minimum absolute atomic E-state index is 0.0572. The SMILES string of the molecule is CC(=O)N[C@H](c1ccccc1)[C@@H](Br)C(=O)c1ccccc1. The summed E-state index contributed by atoms with van der Waals surface area (Å²) in [6.07, 6.45) is 0. The van der Waals surface area contributed by atoms with Crippen LogP contribution in [0.3, 0.4) is 0 Å². The van der Waals surface area contributed by atoms with Crippen LogP contribution in [0.1, 0.15) is 28.9 Å². The van der Waals surface area contributed by atoms with Crippen molar-refractivity contribution in [3.05, 3.63) is 71.8 Å². The van der Waals surface area contributed by atoms with Crippen molar-refractivity contribution in [1.29, 1.82) is 0 Å². The summed E-state index contributed by atoms with van der Waals surface area (Å²) in [5.41, 5.74) is 1.50. The largest absolute Gasteiger partial charge is 0.348 e. The highest BCUT2D eigenvalue weighted by atomic mass is 79.9. The molecule has 108 valence electrons. The average molecular weight is 346 g/mol. The summed E-state index contributed by atoms with van der Waals surface area (Å²) in [5, 5.41) is 2.84. The molecule has 2 aromatic carbocycles. The number of hydrogen-bond donors (Lipinski definition) is 1. The van der Waals surface area contributed by atoms with E-state index in [0.29, 0.717) is 5.56 Å². The zero-order valence-electron chi connectivity index (χ0n) is 11.6. The van der Waals surface area contributed by atoms with E-state index < -0.39 is 10.9 Å². The van der Waals surface area contributed by atoms with Crippen LogP contribution in [0, 0.1) is 0 Å². The first-order valence-electron chi connectivity index (χ1n) is 6.65. The van der Waals surface area contributed by atoms with E-state index in [4.69, 9.17) is 0 Å². The molecule has 0 aliphatic carbocycles. The van der Waals surface area contributed by atoms with Gasteiger partial charge in [-0.05, 0) is 5.56 Å². The van der Waals surface area contributed by atoms with Crippen LogP contribution in [0.5, 0.6) is 0 Å². The molecule has 1 N–H and O–H groups in total. The Hall–Kier alpha value is -1.94. The smallest absolute Gasteiger partial charge is 0.217 e. The normalized spacial score (nSPS) is 13.2. The van der Waals surface area contributed by atoms with Crippen molar-refractivity contribution in [1.82, 2.24) is 5.32 Å². The van der Waals surface area contributed by atoms with Crippen LogP contribution in [0.15, 0.2) is 60.7 Å². The molecule has 0 fully saturated rings. The maximum absolute atomic E-state index is 12.5. The molecule has 4 heteroatoms. The number of ketones is 1. The molecule has 2 atom stereocenters. The van der Waals surface area contributed by atoms with Gasteiger partial charge in [-0.1, -0.05) is 76.6 Å². The minimum Gasteiger partial charge on any atom is -0.348 e. The number of halogens is 1. The Labute approximate surface area is 132 Å². The van der Waals surface area contributed by atoms with Crippen LogP contribution >= 0.6 is 15.9 Å². The third-order valence-corrected chi connectivity index (χ3v) is 4.06. The third kappa shape index (κ3) is 4.02. The number of alkyl halides is 1. The zero-order valence-corrected chi connectivity index (χ0v) is 13.2. The van der Waals surface area contributed by atoms with Gasteiger partial charge in [-0.15, -0.1) is 0 Å². The molecule has 21 heavy (non-hydrogen) atoms. The van der Waals surface area contributed by atoms with Crippen LogP contribution in [0.2, 0.25) is 0 Å². The molecule has 0 heterocycles. The Morgan fingerprint density at radius 2 is 1.48 bits per heavy atom. The Balaban J connectivity index is 2.28. The molecule has 0 radical (unpaired) electrons. The van der Waals surface area contributed by atoms with E-state index in [1.807, 2.05) is 48.5 Å². The number of benzene rings is 2. The summed E-state index contributed by atoms with van der Waals surface area (Å²) in [4.78, 5) is 23.5. The summed E-state index contributed by atoms with van der Waals surface area (Å²) >= 11 is 3.45. The van der Waals surface area contributed by atoms with E-state index in [0.717, 1.165) is 5.56 Å². The fourth-order valence-corrected chi connectivity index (χ4v) is 2.82. The van der Waals surface area contributed by atoms with E-state index in [9.17, 15) is 9.59 Å². The van der Waals surface area contributed by atoms with Gasteiger partial charge < -0.3 is 5.32 Å². The maximum Gasteiger partial charge on any atom is 0.217 e. The molecule has 1 amide bonds. The summed E-state index contributed by atoms with van der Waals surface area (Å²) in [6, 6.07) is 18.1. The maximum atomic E-state index is 12.5. The molecule has 0 spiro atoms. The highest BCUT2D eigenvalue weighted by Gasteiger charge is 2.28. The fourth-order valence-electron chi connectivity index (χ4n) is 2.12. The lowest BCUT2D eigenvalue weighted by Crippen LogP contribution is -2.36. The molecule has 2 rings (SSSR count). The second-order valence-corrected chi connectivity index (χ2v) is 5.71. The average Bonchev–Trinajstić information content (AvgIpc) is 2.53. The molecule has 3 nitrogen and oxygen atoms in total. The highest BCUT2D eigenvalue weighted by molar-refractivity contribution is 9.10. The lowest BCUT2D eigenvalue weighted by atomic mass is 9.97. The zero-order chi connectivity index (χ0) is 15.2. The van der Waals surface area contributed by atoms with Gasteiger partial charge in [-0.25, -0.2) is 0 Å². The third-order valence-electron chi connectivity index (χ3n) is 3.12. The number of hydrogen-bond acceptors (Lipinski definition) is 2. The number of nitrogens with one attached hydrogen (secondary N) is 1. The van der Waals surface area contributed by atoms with E-state index in [1.54, 1.807) is 12.1 Å². The predicted octanol–water partition coefficient (Wildman–Crippen LogP) is 3.51. The van der Waals surface area contributed by atoms with Gasteiger partial charge in [0.1, 0.15) is 4.83 Å². The van der Waals surface area contributed by atoms with Gasteiger partial charge in [-0.3, -0.25) is 9.59 Å². The second kappa shape index (κ2) is 7.18. The van der Waals surface area contributed by atoms with Gasteiger partial charge in [0.25, 0.3) is 0 Å². The molecule has 0 bridgehead atoms. The molecule has 0 aliphatic rings. The Kier molecular flexibility index (Phi) is 5.28. The van der Waals surface area contributed by atoms with E-state index >= 15 is 0 Å². The van der Waals surface area contributed by atoms with Crippen molar-refractivity contribution in [2.45, 2.75) is 17.8 Å². The molecule has 0 unspecified atom stereocenters. The first-order valence-corrected chi connectivity index (χ1v) is 7.56. The number of carbonyl (C=O) groups is 2. The van der Waals surface area contributed by atoms with Gasteiger partial charge >= 0.3 is 0 Å². The van der Waals surface area contributed by atoms with Crippen LogP contribution in [-0.4, -0.2) is 16.5 Å². The summed E-state index contributed by atoms with van der Waals surface area (Å²) in [6.45, 7) is 1.45. The molecule has 0 saturated carbocycles. The predicted molar refractivity (Wildman–Crippen MR) is 86.5 cm³/mol. The second-order valence-electron chi connectivity index (χ2n) is 4.72. The van der Waals surface area contributed by atoms with Crippen LogP contribution in [-0.2, 0) is 4.79 Å². The van der Waals surface area contributed by atoms with Crippen molar-refractivity contribution in [3.63, 3.8) is 0 Å². The molecule has 2 aromatic rings. The molecular formula is C17H16BrNO2. The minimum atomic E-state index is -0.522. The van der Waals surface area contributed by atoms with Crippen molar-refractivity contribution in [2.24, 2.45) is 0 Å². The van der Waals surface area contributed by atoms with Gasteiger partial charge in [-0.2, -0.15) is 0 Å². The van der Waals surface area contributed by atoms with Gasteiger partial charge in [0.05, 0.1) is 6.04 Å². The number of carbonyl (C=O) groups excluding carboxylic acids is 2.